The van der Waals surface area contributed by atoms with Crippen LogP contribution in [-0.4, -0.2) is 77.4 Å². The second kappa shape index (κ2) is 8.14. The highest BCUT2D eigenvalue weighted by molar-refractivity contribution is 8.14. The van der Waals surface area contributed by atoms with E-state index in [2.05, 4.69) is 4.99 Å². The van der Waals surface area contributed by atoms with Crippen LogP contribution in [0, 0.1) is 0 Å². The van der Waals surface area contributed by atoms with Gasteiger partial charge in [-0.25, -0.2) is 0 Å². The minimum absolute atomic E-state index is 0.317. The van der Waals surface area contributed by atoms with Crippen LogP contribution in [0.5, 0.6) is 5.75 Å². The molecule has 6 atom stereocenters. The van der Waals surface area contributed by atoms with Crippen molar-refractivity contribution in [1.82, 2.24) is 4.90 Å². The van der Waals surface area contributed by atoms with E-state index >= 15 is 0 Å². The first kappa shape index (κ1) is 19.4. The van der Waals surface area contributed by atoms with Crippen molar-refractivity contribution in [2.75, 3.05) is 21.2 Å². The summed E-state index contributed by atoms with van der Waals surface area (Å²) in [5.74, 6) is 0.789. The Labute approximate surface area is 158 Å². The van der Waals surface area contributed by atoms with E-state index in [-0.39, 0.29) is 11.5 Å². The molecule has 8 heteroatoms. The molecule has 0 bridgehead atoms. The average molecular weight is 382 g/mol. The molecule has 2 N–H and O–H groups in total. The lowest BCUT2D eigenvalue weighted by atomic mass is 9.95. The second-order valence-electron chi connectivity index (χ2n) is 6.73. The first-order chi connectivity index (χ1) is 12.4. The molecule has 1 fully saturated rings. The van der Waals surface area contributed by atoms with Crippen molar-refractivity contribution in [2.24, 2.45) is 4.99 Å². The molecule has 1 aromatic rings. The smallest absolute Gasteiger partial charge is 0.161 e. The third kappa shape index (κ3) is 3.99. The van der Waals surface area contributed by atoms with Gasteiger partial charge in [0.25, 0.3) is 0 Å². The van der Waals surface area contributed by atoms with Crippen molar-refractivity contribution in [3.05, 3.63) is 29.8 Å². The predicted octanol–water partition coefficient (Wildman–Crippen LogP) is 1.08. The van der Waals surface area contributed by atoms with Crippen LogP contribution in [0.3, 0.4) is 0 Å². The molecule has 2 heterocycles. The molecule has 0 aliphatic carbocycles. The van der Waals surface area contributed by atoms with Crippen molar-refractivity contribution in [3.8, 4) is 5.75 Å². The third-order valence-electron chi connectivity index (χ3n) is 4.60. The third-order valence-corrected chi connectivity index (χ3v) is 5.91. The zero-order chi connectivity index (χ0) is 18.8. The fourth-order valence-electron chi connectivity index (χ4n) is 3.02. The molecule has 2 aliphatic rings. The Balaban J connectivity index is 1.60. The van der Waals surface area contributed by atoms with E-state index in [1.54, 1.807) is 7.11 Å². The van der Waals surface area contributed by atoms with E-state index in [4.69, 9.17) is 14.2 Å². The molecule has 2 aliphatic heterocycles. The Morgan fingerprint density at radius 3 is 2.54 bits per heavy atom. The van der Waals surface area contributed by atoms with Crippen LogP contribution in [0.2, 0.25) is 0 Å². The highest BCUT2D eigenvalue weighted by Crippen LogP contribution is 2.38. The normalized spacial score (nSPS) is 31.9. The number of fused-ring (bicyclic) bond motifs is 1. The molecule has 1 aromatic carbocycles. The summed E-state index contributed by atoms with van der Waals surface area (Å²) < 4.78 is 17.1. The van der Waals surface area contributed by atoms with Crippen LogP contribution in [0.15, 0.2) is 29.3 Å². The van der Waals surface area contributed by atoms with Gasteiger partial charge < -0.3 is 29.3 Å². The van der Waals surface area contributed by atoms with Crippen molar-refractivity contribution >= 4 is 16.9 Å². The number of benzene rings is 1. The van der Waals surface area contributed by atoms with Crippen LogP contribution in [-0.2, 0) is 16.1 Å². The first-order valence-electron chi connectivity index (χ1n) is 8.58. The summed E-state index contributed by atoms with van der Waals surface area (Å²) in [5.41, 5.74) is 0.678. The molecule has 7 nitrogen and oxygen atoms in total. The summed E-state index contributed by atoms with van der Waals surface area (Å²) in [5, 5.41) is 21.7. The highest BCUT2D eigenvalue weighted by Gasteiger charge is 2.50. The van der Waals surface area contributed by atoms with E-state index in [1.165, 1.54) is 11.8 Å². The Kier molecular flexibility index (Phi) is 6.09. The lowest BCUT2D eigenvalue weighted by Gasteiger charge is -2.40. The van der Waals surface area contributed by atoms with Crippen molar-refractivity contribution in [1.29, 1.82) is 0 Å². The minimum Gasteiger partial charge on any atom is -0.497 e. The second-order valence-corrected chi connectivity index (χ2v) is 7.79. The molecule has 3 rings (SSSR count). The van der Waals surface area contributed by atoms with Gasteiger partial charge in [-0.2, -0.15) is 0 Å². The maximum atomic E-state index is 10.5. The van der Waals surface area contributed by atoms with E-state index in [0.717, 1.165) is 16.5 Å². The summed E-state index contributed by atoms with van der Waals surface area (Å²) >= 11 is 1.46. The van der Waals surface area contributed by atoms with E-state index in [9.17, 15) is 10.2 Å². The number of ether oxygens (including phenoxy) is 3. The molecule has 0 saturated carbocycles. The van der Waals surface area contributed by atoms with Gasteiger partial charge in [0.15, 0.2) is 5.17 Å². The zero-order valence-corrected chi connectivity index (χ0v) is 16.2. The summed E-state index contributed by atoms with van der Waals surface area (Å²) in [6.45, 7) is 2.23. The highest BCUT2D eigenvalue weighted by atomic mass is 32.2. The van der Waals surface area contributed by atoms with Crippen LogP contribution in [0.1, 0.15) is 12.5 Å². The molecule has 1 saturated heterocycles. The fourth-order valence-corrected chi connectivity index (χ4v) is 4.17. The maximum Gasteiger partial charge on any atom is 0.161 e. The van der Waals surface area contributed by atoms with Crippen molar-refractivity contribution < 1.29 is 24.4 Å². The van der Waals surface area contributed by atoms with Gasteiger partial charge in [0.05, 0.1) is 19.8 Å². The molecule has 0 amide bonds. The van der Waals surface area contributed by atoms with Gasteiger partial charge in [-0.15, -0.1) is 0 Å². The lowest BCUT2D eigenvalue weighted by Crippen LogP contribution is -2.58. The average Bonchev–Trinajstić information content (AvgIpc) is 3.08. The van der Waals surface area contributed by atoms with Gasteiger partial charge in [-0.05, 0) is 24.6 Å². The Morgan fingerprint density at radius 2 is 1.92 bits per heavy atom. The Morgan fingerprint density at radius 1 is 1.23 bits per heavy atom. The number of nitrogens with zero attached hydrogens (tertiary/aromatic N) is 2. The van der Waals surface area contributed by atoms with Crippen LogP contribution < -0.4 is 4.74 Å². The molecular formula is C18H26N2O5S. The molecular weight excluding hydrogens is 356 g/mol. The number of rotatable bonds is 5. The summed E-state index contributed by atoms with van der Waals surface area (Å²) in [4.78, 5) is 6.34. The Bertz CT molecular complexity index is 639. The Hall–Kier alpha value is -1.32. The van der Waals surface area contributed by atoms with Gasteiger partial charge in [-0.1, -0.05) is 23.9 Å². The van der Waals surface area contributed by atoms with Gasteiger partial charge in [-0.3, -0.25) is 4.99 Å². The van der Waals surface area contributed by atoms with E-state index < -0.39 is 24.4 Å². The number of aliphatic imine (C=N–C) groups is 1. The zero-order valence-electron chi connectivity index (χ0n) is 15.4. The van der Waals surface area contributed by atoms with Gasteiger partial charge in [0.1, 0.15) is 35.5 Å². The first-order valence-corrected chi connectivity index (χ1v) is 9.46. The van der Waals surface area contributed by atoms with Crippen LogP contribution in [0.4, 0.5) is 0 Å². The van der Waals surface area contributed by atoms with Gasteiger partial charge in [0.2, 0.25) is 0 Å². The number of thioether (sulfide) groups is 1. The topological polar surface area (TPSA) is 83.8 Å². The molecule has 1 unspecified atom stereocenters. The minimum atomic E-state index is -1.05. The number of amidine groups is 1. The van der Waals surface area contributed by atoms with Gasteiger partial charge >= 0.3 is 0 Å². The molecule has 0 aromatic heterocycles. The predicted molar refractivity (Wildman–Crippen MR) is 100 cm³/mol. The number of aliphatic hydroxyl groups excluding tert-OH is 2. The lowest BCUT2D eigenvalue weighted by molar-refractivity contribution is -0.193. The fraction of sp³-hybridized carbons (Fsp3) is 0.611. The summed E-state index contributed by atoms with van der Waals surface area (Å²) in [6.07, 6.45) is -3.02. The maximum absolute atomic E-state index is 10.5. The SMILES string of the molecule is COc1ccc(COC(C)[C@H]2O[C@@H]3SC(N(C)C)=N[C@@H]3[C@@H](O)[C@@H]2O)cc1. The number of hydrogen-bond acceptors (Lipinski definition) is 8. The van der Waals surface area contributed by atoms with Gasteiger partial charge in [0, 0.05) is 14.1 Å². The monoisotopic (exact) mass is 382 g/mol. The molecule has 144 valence electrons. The standard InChI is InChI=1S/C18H26N2O5S/c1-10(24-9-11-5-7-12(23-4)8-6-11)16-15(22)14(21)13-17(25-16)26-18(19-13)20(2)3/h5-8,10,13-17,21-22H,9H2,1-4H3/t10?,13-,14-,15+,16-,17-/m1/s1. The molecule has 0 radical (unpaired) electrons. The van der Waals surface area contributed by atoms with E-state index in [1.807, 2.05) is 50.2 Å². The summed E-state index contributed by atoms with van der Waals surface area (Å²) in [6, 6.07) is 7.15. The van der Waals surface area contributed by atoms with Crippen molar-refractivity contribution in [2.45, 2.75) is 49.4 Å². The molecule has 0 spiro atoms. The van der Waals surface area contributed by atoms with Crippen molar-refractivity contribution in [3.63, 3.8) is 0 Å². The number of aliphatic hydroxyl groups is 2. The number of methoxy groups -OCH3 is 1. The quantitative estimate of drug-likeness (QED) is 0.788. The van der Waals surface area contributed by atoms with Crippen LogP contribution >= 0.6 is 11.8 Å². The van der Waals surface area contributed by atoms with Crippen LogP contribution in [0.25, 0.3) is 0 Å². The van der Waals surface area contributed by atoms with E-state index in [0.29, 0.717) is 6.61 Å². The molecule has 26 heavy (non-hydrogen) atoms. The summed E-state index contributed by atoms with van der Waals surface area (Å²) in [7, 11) is 5.41. The largest absolute Gasteiger partial charge is 0.497 e. The number of hydrogen-bond donors (Lipinski definition) is 2.